The predicted molar refractivity (Wildman–Crippen MR) is 75.8 cm³/mol. The van der Waals surface area contributed by atoms with E-state index in [0.29, 0.717) is 5.75 Å². The molecule has 18 heavy (non-hydrogen) atoms. The first-order valence-corrected chi connectivity index (χ1v) is 6.03. The fourth-order valence-electron chi connectivity index (χ4n) is 2.40. The standard InChI is InChI=1S/C17H14O/c1-12-9-14(11-15(18)10-12)17-8-4-6-13-5-2-3-7-16(13)17/h2-11,18H,1H3. The fourth-order valence-corrected chi connectivity index (χ4v) is 2.40. The Morgan fingerprint density at radius 3 is 2.44 bits per heavy atom. The molecule has 0 spiro atoms. The van der Waals surface area contributed by atoms with Crippen LogP contribution in [0.4, 0.5) is 0 Å². The highest BCUT2D eigenvalue weighted by atomic mass is 16.3. The summed E-state index contributed by atoms with van der Waals surface area (Å²) in [4.78, 5) is 0. The zero-order valence-electron chi connectivity index (χ0n) is 10.2. The van der Waals surface area contributed by atoms with E-state index in [4.69, 9.17) is 0 Å². The number of fused-ring (bicyclic) bond motifs is 1. The molecule has 0 aliphatic rings. The normalized spacial score (nSPS) is 10.7. The van der Waals surface area contributed by atoms with Crippen molar-refractivity contribution < 1.29 is 5.11 Å². The van der Waals surface area contributed by atoms with Crippen LogP contribution in [0.25, 0.3) is 21.9 Å². The highest BCUT2D eigenvalue weighted by Gasteiger charge is 2.04. The monoisotopic (exact) mass is 234 g/mol. The Hall–Kier alpha value is -2.28. The highest BCUT2D eigenvalue weighted by Crippen LogP contribution is 2.31. The van der Waals surface area contributed by atoms with Gasteiger partial charge in [-0.2, -0.15) is 0 Å². The molecule has 0 saturated heterocycles. The van der Waals surface area contributed by atoms with Crippen molar-refractivity contribution in [3.8, 4) is 16.9 Å². The minimum atomic E-state index is 0.318. The first-order valence-electron chi connectivity index (χ1n) is 6.03. The maximum Gasteiger partial charge on any atom is 0.116 e. The molecule has 1 heteroatoms. The first-order chi connectivity index (χ1) is 8.74. The van der Waals surface area contributed by atoms with Crippen LogP contribution in [0.3, 0.4) is 0 Å². The Morgan fingerprint density at radius 1 is 0.833 bits per heavy atom. The number of phenolic OH excluding ortho intramolecular Hbond substituents is 1. The van der Waals surface area contributed by atoms with Gasteiger partial charge in [-0.05, 0) is 46.5 Å². The van der Waals surface area contributed by atoms with E-state index in [1.807, 2.05) is 25.1 Å². The van der Waals surface area contributed by atoms with E-state index in [1.54, 1.807) is 6.07 Å². The summed E-state index contributed by atoms with van der Waals surface area (Å²) in [6.07, 6.45) is 0. The zero-order chi connectivity index (χ0) is 12.5. The SMILES string of the molecule is Cc1cc(O)cc(-c2cccc3ccccc23)c1. The van der Waals surface area contributed by atoms with Crippen LogP contribution in [0.2, 0.25) is 0 Å². The summed E-state index contributed by atoms with van der Waals surface area (Å²) in [6.45, 7) is 1.99. The third kappa shape index (κ3) is 1.84. The van der Waals surface area contributed by atoms with E-state index in [9.17, 15) is 5.11 Å². The second-order valence-corrected chi connectivity index (χ2v) is 4.58. The van der Waals surface area contributed by atoms with Crippen LogP contribution in [-0.2, 0) is 0 Å². The summed E-state index contributed by atoms with van der Waals surface area (Å²) in [6, 6.07) is 20.2. The van der Waals surface area contributed by atoms with Gasteiger partial charge in [0.1, 0.15) is 5.75 Å². The van der Waals surface area contributed by atoms with Gasteiger partial charge < -0.3 is 5.11 Å². The molecule has 0 amide bonds. The lowest BCUT2D eigenvalue weighted by molar-refractivity contribution is 0.475. The van der Waals surface area contributed by atoms with Crippen LogP contribution < -0.4 is 0 Å². The Kier molecular flexibility index (Phi) is 2.52. The summed E-state index contributed by atoms with van der Waals surface area (Å²) in [5.74, 6) is 0.318. The van der Waals surface area contributed by atoms with Crippen molar-refractivity contribution in [3.63, 3.8) is 0 Å². The fraction of sp³-hybridized carbons (Fsp3) is 0.0588. The highest BCUT2D eigenvalue weighted by molar-refractivity contribution is 5.96. The van der Waals surface area contributed by atoms with Crippen LogP contribution in [0.5, 0.6) is 5.75 Å². The van der Waals surface area contributed by atoms with Crippen molar-refractivity contribution in [3.05, 3.63) is 66.2 Å². The summed E-state index contributed by atoms with van der Waals surface area (Å²) in [5.41, 5.74) is 3.29. The average molecular weight is 234 g/mol. The number of phenols is 1. The maximum atomic E-state index is 9.73. The molecule has 0 atom stereocenters. The molecule has 1 N–H and O–H groups in total. The molecular formula is C17H14O. The Labute approximate surface area is 106 Å². The molecule has 3 aromatic carbocycles. The van der Waals surface area contributed by atoms with Crippen LogP contribution >= 0.6 is 0 Å². The molecule has 0 aliphatic heterocycles. The quantitative estimate of drug-likeness (QED) is 0.656. The van der Waals surface area contributed by atoms with E-state index in [-0.39, 0.29) is 0 Å². The smallest absolute Gasteiger partial charge is 0.116 e. The van der Waals surface area contributed by atoms with Crippen molar-refractivity contribution in [2.24, 2.45) is 0 Å². The van der Waals surface area contributed by atoms with Crippen LogP contribution in [-0.4, -0.2) is 5.11 Å². The molecular weight excluding hydrogens is 220 g/mol. The van der Waals surface area contributed by atoms with Gasteiger partial charge in [0.2, 0.25) is 0 Å². The summed E-state index contributed by atoms with van der Waals surface area (Å²) >= 11 is 0. The van der Waals surface area contributed by atoms with Crippen molar-refractivity contribution in [2.45, 2.75) is 6.92 Å². The van der Waals surface area contributed by atoms with Gasteiger partial charge >= 0.3 is 0 Å². The molecule has 0 radical (unpaired) electrons. The predicted octanol–water partition coefficient (Wildman–Crippen LogP) is 4.52. The van der Waals surface area contributed by atoms with Gasteiger partial charge in [0.05, 0.1) is 0 Å². The number of hydrogen-bond donors (Lipinski definition) is 1. The Morgan fingerprint density at radius 2 is 1.61 bits per heavy atom. The lowest BCUT2D eigenvalue weighted by Crippen LogP contribution is -1.82. The van der Waals surface area contributed by atoms with Gasteiger partial charge in [0.25, 0.3) is 0 Å². The first kappa shape index (κ1) is 10.8. The molecule has 3 aromatic rings. The molecule has 0 bridgehead atoms. The van der Waals surface area contributed by atoms with Gasteiger partial charge in [0, 0.05) is 0 Å². The number of rotatable bonds is 1. The second kappa shape index (κ2) is 4.19. The number of aromatic hydroxyl groups is 1. The zero-order valence-corrected chi connectivity index (χ0v) is 10.2. The van der Waals surface area contributed by atoms with E-state index >= 15 is 0 Å². The molecule has 0 heterocycles. The van der Waals surface area contributed by atoms with Gasteiger partial charge in [-0.15, -0.1) is 0 Å². The number of aryl methyl sites for hydroxylation is 1. The molecule has 0 unspecified atom stereocenters. The maximum absolute atomic E-state index is 9.73. The molecule has 0 aliphatic carbocycles. The van der Waals surface area contributed by atoms with E-state index in [1.165, 1.54) is 10.8 Å². The third-order valence-electron chi connectivity index (χ3n) is 3.16. The number of hydrogen-bond acceptors (Lipinski definition) is 1. The largest absolute Gasteiger partial charge is 0.508 e. The van der Waals surface area contributed by atoms with Crippen molar-refractivity contribution in [1.29, 1.82) is 0 Å². The van der Waals surface area contributed by atoms with Gasteiger partial charge in [-0.25, -0.2) is 0 Å². The summed E-state index contributed by atoms with van der Waals surface area (Å²) in [5, 5.41) is 12.2. The molecule has 0 aromatic heterocycles. The molecule has 3 rings (SSSR count). The number of benzene rings is 3. The van der Waals surface area contributed by atoms with Gasteiger partial charge in [0.15, 0.2) is 0 Å². The minimum Gasteiger partial charge on any atom is -0.508 e. The second-order valence-electron chi connectivity index (χ2n) is 4.58. The Bertz CT molecular complexity index is 688. The van der Waals surface area contributed by atoms with Gasteiger partial charge in [-0.3, -0.25) is 0 Å². The van der Waals surface area contributed by atoms with Gasteiger partial charge in [-0.1, -0.05) is 48.5 Å². The van der Waals surface area contributed by atoms with Crippen molar-refractivity contribution >= 4 is 10.8 Å². The molecule has 1 nitrogen and oxygen atoms in total. The lowest BCUT2D eigenvalue weighted by Gasteiger charge is -2.08. The summed E-state index contributed by atoms with van der Waals surface area (Å²) in [7, 11) is 0. The lowest BCUT2D eigenvalue weighted by atomic mass is 9.97. The van der Waals surface area contributed by atoms with Crippen LogP contribution in [0.15, 0.2) is 60.7 Å². The molecule has 0 fully saturated rings. The minimum absolute atomic E-state index is 0.318. The van der Waals surface area contributed by atoms with Crippen LogP contribution in [0.1, 0.15) is 5.56 Å². The van der Waals surface area contributed by atoms with E-state index < -0.39 is 0 Å². The van der Waals surface area contributed by atoms with E-state index in [2.05, 4.69) is 36.4 Å². The van der Waals surface area contributed by atoms with Crippen LogP contribution in [0, 0.1) is 6.92 Å². The third-order valence-corrected chi connectivity index (χ3v) is 3.16. The average Bonchev–Trinajstić information content (AvgIpc) is 2.37. The summed E-state index contributed by atoms with van der Waals surface area (Å²) < 4.78 is 0. The topological polar surface area (TPSA) is 20.2 Å². The molecule has 88 valence electrons. The van der Waals surface area contributed by atoms with Crippen molar-refractivity contribution in [2.75, 3.05) is 0 Å². The Balaban J connectivity index is 2.31. The van der Waals surface area contributed by atoms with E-state index in [0.717, 1.165) is 16.7 Å². The molecule has 0 saturated carbocycles. The van der Waals surface area contributed by atoms with Crippen molar-refractivity contribution in [1.82, 2.24) is 0 Å².